The number of methoxy groups -OCH3 is 1. The third-order valence-electron chi connectivity index (χ3n) is 3.84. The molecule has 0 unspecified atom stereocenters. The summed E-state index contributed by atoms with van der Waals surface area (Å²) in [6.07, 6.45) is 1.44. The fourth-order valence-corrected chi connectivity index (χ4v) is 2.70. The summed E-state index contributed by atoms with van der Waals surface area (Å²) in [5, 5.41) is 3.28. The van der Waals surface area contributed by atoms with Gasteiger partial charge in [-0.2, -0.15) is 0 Å². The fraction of sp³-hybridized carbons (Fsp3) is 0.176. The molecule has 0 radical (unpaired) electrons. The van der Waals surface area contributed by atoms with E-state index in [4.69, 9.17) is 16.3 Å². The van der Waals surface area contributed by atoms with Gasteiger partial charge >= 0.3 is 5.69 Å². The SMILES string of the molecule is COc1ccnc2c1c(=O)n(CC(=O)Nc1ccc(Cl)cc1)c(=O)n2C. The second-order valence-corrected chi connectivity index (χ2v) is 5.94. The molecule has 1 N–H and O–H groups in total. The molecule has 2 aromatic heterocycles. The number of aryl methyl sites for hydroxylation is 1. The minimum absolute atomic E-state index is 0.136. The summed E-state index contributed by atoms with van der Waals surface area (Å²) in [5.41, 5.74) is -0.591. The zero-order valence-corrected chi connectivity index (χ0v) is 14.8. The lowest BCUT2D eigenvalue weighted by Gasteiger charge is -2.12. The Morgan fingerprint density at radius 3 is 2.58 bits per heavy atom. The smallest absolute Gasteiger partial charge is 0.332 e. The number of hydrogen-bond acceptors (Lipinski definition) is 5. The van der Waals surface area contributed by atoms with E-state index >= 15 is 0 Å². The van der Waals surface area contributed by atoms with Gasteiger partial charge in [0.15, 0.2) is 5.65 Å². The molecule has 0 aliphatic carbocycles. The van der Waals surface area contributed by atoms with Gasteiger partial charge in [0.1, 0.15) is 17.7 Å². The number of pyridine rings is 1. The van der Waals surface area contributed by atoms with Gasteiger partial charge in [-0.05, 0) is 30.3 Å². The summed E-state index contributed by atoms with van der Waals surface area (Å²) < 4.78 is 7.24. The largest absolute Gasteiger partial charge is 0.496 e. The normalized spacial score (nSPS) is 10.7. The van der Waals surface area contributed by atoms with Crippen molar-refractivity contribution in [3.63, 3.8) is 0 Å². The molecule has 26 heavy (non-hydrogen) atoms. The Bertz CT molecular complexity index is 1100. The molecule has 2 heterocycles. The molecule has 0 bridgehead atoms. The third kappa shape index (κ3) is 3.18. The molecule has 0 saturated heterocycles. The van der Waals surface area contributed by atoms with Gasteiger partial charge in [0, 0.05) is 24.0 Å². The van der Waals surface area contributed by atoms with Crippen molar-refractivity contribution in [2.45, 2.75) is 6.54 Å². The first-order chi connectivity index (χ1) is 12.4. The second kappa shape index (κ2) is 7.01. The minimum Gasteiger partial charge on any atom is -0.496 e. The van der Waals surface area contributed by atoms with Crippen LogP contribution in [0.1, 0.15) is 0 Å². The van der Waals surface area contributed by atoms with Crippen molar-refractivity contribution in [3.8, 4) is 5.75 Å². The van der Waals surface area contributed by atoms with Gasteiger partial charge in [-0.1, -0.05) is 11.6 Å². The summed E-state index contributed by atoms with van der Waals surface area (Å²) >= 11 is 5.80. The quantitative estimate of drug-likeness (QED) is 0.744. The summed E-state index contributed by atoms with van der Waals surface area (Å²) in [7, 11) is 2.89. The van der Waals surface area contributed by atoms with Crippen molar-refractivity contribution in [1.82, 2.24) is 14.1 Å². The van der Waals surface area contributed by atoms with Crippen molar-refractivity contribution in [3.05, 3.63) is 62.4 Å². The van der Waals surface area contributed by atoms with Gasteiger partial charge in [0.2, 0.25) is 5.91 Å². The van der Waals surface area contributed by atoms with Gasteiger partial charge in [0.05, 0.1) is 7.11 Å². The van der Waals surface area contributed by atoms with Crippen LogP contribution in [0, 0.1) is 0 Å². The lowest BCUT2D eigenvalue weighted by Crippen LogP contribution is -2.42. The highest BCUT2D eigenvalue weighted by Gasteiger charge is 2.17. The van der Waals surface area contributed by atoms with Gasteiger partial charge in [-0.3, -0.25) is 14.2 Å². The number of benzene rings is 1. The molecule has 0 fully saturated rings. The number of amides is 1. The van der Waals surface area contributed by atoms with Crippen molar-refractivity contribution in [1.29, 1.82) is 0 Å². The van der Waals surface area contributed by atoms with Crippen molar-refractivity contribution < 1.29 is 9.53 Å². The van der Waals surface area contributed by atoms with E-state index in [2.05, 4.69) is 10.3 Å². The zero-order chi connectivity index (χ0) is 18.8. The number of carbonyl (C=O) groups excluding carboxylic acids is 1. The molecule has 0 atom stereocenters. The van der Waals surface area contributed by atoms with Crippen LogP contribution >= 0.6 is 11.6 Å². The number of anilines is 1. The number of carbonyl (C=O) groups is 1. The van der Waals surface area contributed by atoms with Crippen molar-refractivity contribution in [2.75, 3.05) is 12.4 Å². The molecule has 8 nitrogen and oxygen atoms in total. The highest BCUT2D eigenvalue weighted by atomic mass is 35.5. The summed E-state index contributed by atoms with van der Waals surface area (Å²) in [4.78, 5) is 41.6. The third-order valence-corrected chi connectivity index (χ3v) is 4.09. The van der Waals surface area contributed by atoms with Crippen LogP contribution in [0.5, 0.6) is 5.75 Å². The Hall–Kier alpha value is -3.13. The first-order valence-electron chi connectivity index (χ1n) is 7.60. The van der Waals surface area contributed by atoms with E-state index < -0.39 is 23.7 Å². The molecular weight excluding hydrogens is 360 g/mol. The van der Waals surface area contributed by atoms with Crippen LogP contribution in [0.4, 0.5) is 5.69 Å². The molecule has 0 aliphatic heterocycles. The van der Waals surface area contributed by atoms with E-state index in [1.807, 2.05) is 0 Å². The Labute approximate surface area is 152 Å². The average Bonchev–Trinajstić information content (AvgIpc) is 2.64. The number of nitrogens with one attached hydrogen (secondary N) is 1. The lowest BCUT2D eigenvalue weighted by atomic mass is 10.3. The molecule has 0 saturated carbocycles. The molecule has 0 spiro atoms. The summed E-state index contributed by atoms with van der Waals surface area (Å²) in [6, 6.07) is 8.00. The van der Waals surface area contributed by atoms with Crippen LogP contribution in [-0.2, 0) is 18.4 Å². The minimum atomic E-state index is -0.644. The maximum Gasteiger partial charge on any atom is 0.332 e. The van der Waals surface area contributed by atoms with Crippen LogP contribution in [0.2, 0.25) is 5.02 Å². The van der Waals surface area contributed by atoms with Crippen LogP contribution in [0.3, 0.4) is 0 Å². The van der Waals surface area contributed by atoms with Crippen LogP contribution in [-0.4, -0.2) is 27.1 Å². The fourth-order valence-electron chi connectivity index (χ4n) is 2.57. The van der Waals surface area contributed by atoms with Crippen LogP contribution in [0.15, 0.2) is 46.1 Å². The highest BCUT2D eigenvalue weighted by molar-refractivity contribution is 6.30. The van der Waals surface area contributed by atoms with E-state index in [0.29, 0.717) is 10.7 Å². The van der Waals surface area contributed by atoms with Crippen molar-refractivity contribution in [2.24, 2.45) is 7.05 Å². The molecule has 1 amide bonds. The number of ether oxygens (including phenoxy) is 1. The van der Waals surface area contributed by atoms with E-state index in [-0.39, 0.29) is 16.8 Å². The number of hydrogen-bond donors (Lipinski definition) is 1. The topological polar surface area (TPSA) is 95.2 Å². The molecule has 0 aliphatic rings. The average molecular weight is 375 g/mol. The first-order valence-corrected chi connectivity index (χ1v) is 7.98. The Balaban J connectivity index is 2.02. The Morgan fingerprint density at radius 1 is 1.23 bits per heavy atom. The summed E-state index contributed by atoms with van der Waals surface area (Å²) in [6.45, 7) is -0.442. The highest BCUT2D eigenvalue weighted by Crippen LogP contribution is 2.18. The van der Waals surface area contributed by atoms with Gasteiger partial charge in [-0.25, -0.2) is 14.3 Å². The molecular formula is C17H15ClN4O4. The van der Waals surface area contributed by atoms with Crippen molar-refractivity contribution >= 4 is 34.2 Å². The summed E-state index contributed by atoms with van der Waals surface area (Å²) in [5.74, 6) is -0.240. The van der Waals surface area contributed by atoms with Gasteiger partial charge < -0.3 is 10.1 Å². The van der Waals surface area contributed by atoms with Crippen LogP contribution < -0.4 is 21.3 Å². The standard InChI is InChI=1S/C17H15ClN4O4/c1-21-15-14(12(26-2)7-8-19-15)16(24)22(17(21)25)9-13(23)20-11-5-3-10(18)4-6-11/h3-8H,9H2,1-2H3,(H,20,23). The number of halogens is 1. The molecule has 1 aromatic carbocycles. The number of nitrogens with zero attached hydrogens (tertiary/aromatic N) is 3. The number of fused-ring (bicyclic) bond motifs is 1. The first kappa shape index (κ1) is 17.7. The maximum absolute atomic E-state index is 12.7. The molecule has 9 heteroatoms. The lowest BCUT2D eigenvalue weighted by molar-refractivity contribution is -0.116. The predicted octanol–water partition coefficient (Wildman–Crippen LogP) is 1.40. The molecule has 134 valence electrons. The van der Waals surface area contributed by atoms with Gasteiger partial charge in [0.25, 0.3) is 5.56 Å². The van der Waals surface area contributed by atoms with E-state index in [0.717, 1.165) is 4.57 Å². The van der Waals surface area contributed by atoms with E-state index in [1.165, 1.54) is 31.0 Å². The number of aromatic nitrogens is 3. The second-order valence-electron chi connectivity index (χ2n) is 5.50. The predicted molar refractivity (Wildman–Crippen MR) is 97.9 cm³/mol. The number of rotatable bonds is 4. The van der Waals surface area contributed by atoms with Gasteiger partial charge in [-0.15, -0.1) is 0 Å². The maximum atomic E-state index is 12.7. The van der Waals surface area contributed by atoms with E-state index in [1.54, 1.807) is 24.3 Å². The monoisotopic (exact) mass is 374 g/mol. The molecule has 3 rings (SSSR count). The van der Waals surface area contributed by atoms with E-state index in [9.17, 15) is 14.4 Å². The Kier molecular flexibility index (Phi) is 4.77. The zero-order valence-electron chi connectivity index (χ0n) is 14.0. The molecule has 3 aromatic rings. The van der Waals surface area contributed by atoms with Crippen LogP contribution in [0.25, 0.3) is 11.0 Å². The Morgan fingerprint density at radius 2 is 1.92 bits per heavy atom.